The first-order chi connectivity index (χ1) is 9.43. The zero-order valence-corrected chi connectivity index (χ0v) is 12.5. The molecule has 0 unspecified atom stereocenters. The second-order valence-electron chi connectivity index (χ2n) is 4.95. The highest BCUT2D eigenvalue weighted by Crippen LogP contribution is 2.32. The van der Waals surface area contributed by atoms with Gasteiger partial charge in [-0.2, -0.15) is 4.98 Å². The summed E-state index contributed by atoms with van der Waals surface area (Å²) in [5.41, 5.74) is 6.74. The fourth-order valence-corrected chi connectivity index (χ4v) is 2.02. The van der Waals surface area contributed by atoms with E-state index in [0.717, 1.165) is 22.4 Å². The van der Waals surface area contributed by atoms with Crippen LogP contribution in [-0.2, 0) is 0 Å². The van der Waals surface area contributed by atoms with Crippen molar-refractivity contribution in [3.05, 3.63) is 40.2 Å². The van der Waals surface area contributed by atoms with Crippen molar-refractivity contribution in [1.29, 1.82) is 0 Å². The number of nitrogens with zero attached hydrogens (tertiary/aromatic N) is 2. The van der Waals surface area contributed by atoms with Gasteiger partial charge in [-0.3, -0.25) is 0 Å². The molecule has 0 spiro atoms. The number of hydrogen-bond donors (Lipinski definition) is 2. The average Bonchev–Trinajstić information content (AvgIpc) is 2.42. The Morgan fingerprint density at radius 2 is 1.60 bits per heavy atom. The van der Waals surface area contributed by atoms with E-state index in [1.54, 1.807) is 0 Å². The number of aromatic nitrogens is 2. The van der Waals surface area contributed by atoms with Crippen molar-refractivity contribution in [3.8, 4) is 11.6 Å². The lowest BCUT2D eigenvalue weighted by atomic mass is 10.1. The number of nitrogens with one attached hydrogen (secondary N) is 1. The van der Waals surface area contributed by atoms with Gasteiger partial charge < -0.3 is 10.2 Å². The molecule has 5 heteroatoms. The number of nitrogen functional groups attached to an aromatic ring is 1. The van der Waals surface area contributed by atoms with Crippen LogP contribution in [0.5, 0.6) is 11.6 Å². The summed E-state index contributed by atoms with van der Waals surface area (Å²) >= 11 is 0. The van der Waals surface area contributed by atoms with Gasteiger partial charge in [-0.05, 0) is 51.3 Å². The number of ether oxygens (including phenoxy) is 1. The predicted octanol–water partition coefficient (Wildman–Crippen LogP) is 3.10. The van der Waals surface area contributed by atoms with Crippen molar-refractivity contribution in [2.75, 3.05) is 5.43 Å². The lowest BCUT2D eigenvalue weighted by molar-refractivity contribution is 0.449. The molecule has 0 aliphatic carbocycles. The Hall–Kier alpha value is -2.14. The topological polar surface area (TPSA) is 73.1 Å². The zero-order chi connectivity index (χ0) is 14.9. The molecule has 2 aromatic rings. The second kappa shape index (κ2) is 5.46. The zero-order valence-electron chi connectivity index (χ0n) is 12.5. The van der Waals surface area contributed by atoms with Gasteiger partial charge in [0.25, 0.3) is 0 Å². The molecule has 0 aliphatic heterocycles. The smallest absolute Gasteiger partial charge is 0.227 e. The lowest BCUT2D eigenvalue weighted by Crippen LogP contribution is -2.12. The largest absolute Gasteiger partial charge is 0.438 e. The van der Waals surface area contributed by atoms with Crippen molar-refractivity contribution in [3.63, 3.8) is 0 Å². The van der Waals surface area contributed by atoms with Gasteiger partial charge in [-0.25, -0.2) is 10.8 Å². The highest BCUT2D eigenvalue weighted by atomic mass is 16.5. The normalized spacial score (nSPS) is 10.5. The molecule has 0 fully saturated rings. The summed E-state index contributed by atoms with van der Waals surface area (Å²) < 4.78 is 6.03. The molecule has 0 saturated carbocycles. The monoisotopic (exact) mass is 272 g/mol. The van der Waals surface area contributed by atoms with E-state index in [-0.39, 0.29) is 0 Å². The van der Waals surface area contributed by atoms with E-state index in [4.69, 9.17) is 10.6 Å². The standard InChI is InChI=1S/C15H20N4O/c1-8-6-7-9(2)13(10(8)3)20-15-11(4)14(19-16)17-12(5)18-15/h6-7H,16H2,1-5H3,(H,17,18,19). The molecule has 1 aromatic heterocycles. The molecule has 2 rings (SSSR count). The van der Waals surface area contributed by atoms with Crippen molar-refractivity contribution >= 4 is 5.82 Å². The van der Waals surface area contributed by atoms with E-state index >= 15 is 0 Å². The molecule has 0 atom stereocenters. The summed E-state index contributed by atoms with van der Waals surface area (Å²) in [6, 6.07) is 4.13. The SMILES string of the molecule is Cc1nc(NN)c(C)c(Oc2c(C)ccc(C)c2C)n1. The Morgan fingerprint density at radius 1 is 0.950 bits per heavy atom. The van der Waals surface area contributed by atoms with Crippen molar-refractivity contribution < 1.29 is 4.74 Å². The molecule has 1 heterocycles. The molecular formula is C15H20N4O. The summed E-state index contributed by atoms with van der Waals surface area (Å²) in [6.07, 6.45) is 0. The molecule has 0 amide bonds. The molecule has 0 radical (unpaired) electrons. The highest BCUT2D eigenvalue weighted by Gasteiger charge is 2.14. The molecule has 3 N–H and O–H groups in total. The van der Waals surface area contributed by atoms with Crippen LogP contribution in [0.25, 0.3) is 0 Å². The average molecular weight is 272 g/mol. The van der Waals surface area contributed by atoms with Crippen LogP contribution >= 0.6 is 0 Å². The molecule has 0 aliphatic rings. The van der Waals surface area contributed by atoms with E-state index in [1.165, 1.54) is 5.56 Å². The van der Waals surface area contributed by atoms with Gasteiger partial charge in [-0.15, -0.1) is 0 Å². The number of hydrazine groups is 1. The van der Waals surface area contributed by atoms with Crippen molar-refractivity contribution in [2.45, 2.75) is 34.6 Å². The van der Waals surface area contributed by atoms with E-state index in [9.17, 15) is 0 Å². The number of nitrogens with two attached hydrogens (primary N) is 1. The number of hydrogen-bond acceptors (Lipinski definition) is 5. The van der Waals surface area contributed by atoms with E-state index < -0.39 is 0 Å². The Morgan fingerprint density at radius 3 is 2.25 bits per heavy atom. The van der Waals surface area contributed by atoms with Crippen LogP contribution in [0.4, 0.5) is 5.82 Å². The van der Waals surface area contributed by atoms with Gasteiger partial charge in [-0.1, -0.05) is 12.1 Å². The Labute approximate surface area is 119 Å². The summed E-state index contributed by atoms with van der Waals surface area (Å²) in [5, 5.41) is 0. The molecule has 20 heavy (non-hydrogen) atoms. The van der Waals surface area contributed by atoms with Crippen LogP contribution in [0.15, 0.2) is 12.1 Å². The molecule has 0 saturated heterocycles. The van der Waals surface area contributed by atoms with Gasteiger partial charge in [0, 0.05) is 0 Å². The van der Waals surface area contributed by atoms with Gasteiger partial charge in [0.05, 0.1) is 5.56 Å². The Balaban J connectivity index is 2.50. The third-order valence-electron chi connectivity index (χ3n) is 3.42. The summed E-state index contributed by atoms with van der Waals surface area (Å²) in [5.74, 6) is 8.03. The second-order valence-corrected chi connectivity index (χ2v) is 4.95. The Kier molecular flexibility index (Phi) is 3.90. The van der Waals surface area contributed by atoms with Crippen LogP contribution in [0.2, 0.25) is 0 Å². The number of rotatable bonds is 3. The van der Waals surface area contributed by atoms with Gasteiger partial charge in [0.15, 0.2) is 0 Å². The van der Waals surface area contributed by atoms with Crippen LogP contribution in [-0.4, -0.2) is 9.97 Å². The van der Waals surface area contributed by atoms with E-state index in [0.29, 0.717) is 17.5 Å². The van der Waals surface area contributed by atoms with Crippen LogP contribution in [0.1, 0.15) is 28.1 Å². The van der Waals surface area contributed by atoms with Crippen LogP contribution < -0.4 is 16.0 Å². The molecule has 106 valence electrons. The first-order valence-corrected chi connectivity index (χ1v) is 6.50. The van der Waals surface area contributed by atoms with Crippen molar-refractivity contribution in [2.24, 2.45) is 5.84 Å². The number of benzene rings is 1. The van der Waals surface area contributed by atoms with Gasteiger partial charge >= 0.3 is 0 Å². The highest BCUT2D eigenvalue weighted by molar-refractivity contribution is 5.51. The van der Waals surface area contributed by atoms with Crippen molar-refractivity contribution in [1.82, 2.24) is 9.97 Å². The maximum atomic E-state index is 6.03. The van der Waals surface area contributed by atoms with E-state index in [2.05, 4.69) is 28.4 Å². The lowest BCUT2D eigenvalue weighted by Gasteiger charge is -2.15. The summed E-state index contributed by atoms with van der Waals surface area (Å²) in [6.45, 7) is 9.82. The maximum Gasteiger partial charge on any atom is 0.227 e. The molecule has 5 nitrogen and oxygen atoms in total. The molecule has 1 aromatic carbocycles. The number of anilines is 1. The van der Waals surface area contributed by atoms with Crippen LogP contribution in [0, 0.1) is 34.6 Å². The molecular weight excluding hydrogens is 252 g/mol. The van der Waals surface area contributed by atoms with Gasteiger partial charge in [0.2, 0.25) is 5.88 Å². The number of aryl methyl sites for hydroxylation is 3. The van der Waals surface area contributed by atoms with Gasteiger partial charge in [0.1, 0.15) is 17.4 Å². The fraction of sp³-hybridized carbons (Fsp3) is 0.333. The third-order valence-corrected chi connectivity index (χ3v) is 3.42. The summed E-state index contributed by atoms with van der Waals surface area (Å²) in [4.78, 5) is 8.59. The first-order valence-electron chi connectivity index (χ1n) is 6.50. The predicted molar refractivity (Wildman–Crippen MR) is 80.0 cm³/mol. The summed E-state index contributed by atoms with van der Waals surface area (Å²) in [7, 11) is 0. The minimum atomic E-state index is 0.530. The maximum absolute atomic E-state index is 6.03. The third kappa shape index (κ3) is 2.58. The van der Waals surface area contributed by atoms with E-state index in [1.807, 2.05) is 33.8 Å². The minimum absolute atomic E-state index is 0.530. The molecule has 0 bridgehead atoms. The minimum Gasteiger partial charge on any atom is -0.438 e. The Bertz CT molecular complexity index is 653. The quantitative estimate of drug-likeness (QED) is 0.663. The first kappa shape index (κ1) is 14.3. The van der Waals surface area contributed by atoms with Crippen LogP contribution in [0.3, 0.4) is 0 Å². The fourth-order valence-electron chi connectivity index (χ4n) is 2.02.